The third-order valence-corrected chi connectivity index (χ3v) is 1.72. The Kier molecular flexibility index (Phi) is 1.65. The molecular formula is C8H4N4O2. The summed E-state index contributed by atoms with van der Waals surface area (Å²) in [4.78, 5) is 30.3. The smallest absolute Gasteiger partial charge is 0.291 e. The number of fused-ring (bicyclic) bond motifs is 1. The second-order valence-corrected chi connectivity index (χ2v) is 2.64. The van der Waals surface area contributed by atoms with E-state index < -0.39 is 11.2 Å². The molecule has 0 atom stereocenters. The summed E-state index contributed by atoms with van der Waals surface area (Å²) in [6, 6.07) is 3.23. The topological polar surface area (TPSA) is 102 Å². The van der Waals surface area contributed by atoms with Gasteiger partial charge in [0.1, 0.15) is 11.7 Å². The zero-order valence-electron chi connectivity index (χ0n) is 6.87. The lowest BCUT2D eigenvalue weighted by molar-refractivity contribution is 1.06. The zero-order valence-corrected chi connectivity index (χ0v) is 6.87. The largest absolute Gasteiger partial charge is 0.327 e. The molecule has 0 fully saturated rings. The van der Waals surface area contributed by atoms with Crippen LogP contribution in [0.25, 0.3) is 11.0 Å². The van der Waals surface area contributed by atoms with Crippen molar-refractivity contribution in [3.8, 4) is 6.07 Å². The van der Waals surface area contributed by atoms with Crippen LogP contribution in [-0.4, -0.2) is 15.0 Å². The van der Waals surface area contributed by atoms with Crippen LogP contribution in [0.2, 0.25) is 0 Å². The molecule has 6 heteroatoms. The fourth-order valence-electron chi connectivity index (χ4n) is 1.11. The summed E-state index contributed by atoms with van der Waals surface area (Å²) in [5, 5.41) is 8.77. The Morgan fingerprint density at radius 1 is 1.36 bits per heavy atom. The van der Waals surface area contributed by atoms with Gasteiger partial charge in [0.25, 0.3) is 5.56 Å². The normalized spacial score (nSPS) is 9.93. The van der Waals surface area contributed by atoms with Crippen LogP contribution < -0.4 is 11.2 Å². The van der Waals surface area contributed by atoms with E-state index in [4.69, 9.17) is 5.26 Å². The van der Waals surface area contributed by atoms with Gasteiger partial charge in [-0.25, -0.2) is 9.78 Å². The van der Waals surface area contributed by atoms with Gasteiger partial charge in [0.05, 0.1) is 10.9 Å². The highest BCUT2D eigenvalue weighted by Gasteiger charge is 2.02. The molecule has 0 aliphatic carbocycles. The van der Waals surface area contributed by atoms with Crippen molar-refractivity contribution in [2.75, 3.05) is 0 Å². The number of pyridine rings is 1. The third kappa shape index (κ3) is 1.17. The minimum Gasteiger partial charge on any atom is -0.291 e. The molecule has 6 nitrogen and oxygen atoms in total. The van der Waals surface area contributed by atoms with E-state index in [1.807, 2.05) is 11.1 Å². The van der Waals surface area contributed by atoms with Gasteiger partial charge in [-0.15, -0.1) is 0 Å². The number of hydrogen-bond acceptors (Lipinski definition) is 4. The van der Waals surface area contributed by atoms with E-state index in [-0.39, 0.29) is 16.6 Å². The molecule has 2 aromatic heterocycles. The summed E-state index contributed by atoms with van der Waals surface area (Å²) >= 11 is 0. The maximum Gasteiger partial charge on any atom is 0.327 e. The number of aromatic amines is 2. The lowest BCUT2D eigenvalue weighted by Gasteiger charge is -1.94. The number of H-pyrrole nitrogens is 2. The van der Waals surface area contributed by atoms with Crippen molar-refractivity contribution in [2.24, 2.45) is 0 Å². The average molecular weight is 188 g/mol. The summed E-state index contributed by atoms with van der Waals surface area (Å²) in [6.07, 6.45) is 1.29. The Bertz CT molecular complexity index is 647. The molecular weight excluding hydrogens is 184 g/mol. The molecule has 0 saturated heterocycles. The first-order valence-electron chi connectivity index (χ1n) is 3.73. The van der Waals surface area contributed by atoms with Crippen molar-refractivity contribution in [3.63, 3.8) is 0 Å². The second-order valence-electron chi connectivity index (χ2n) is 2.64. The quantitative estimate of drug-likeness (QED) is 0.580. The number of nitrogens with zero attached hydrogens (tertiary/aromatic N) is 2. The molecule has 2 rings (SSSR count). The maximum atomic E-state index is 11.2. The van der Waals surface area contributed by atoms with Crippen molar-refractivity contribution < 1.29 is 0 Å². The van der Waals surface area contributed by atoms with Crippen molar-refractivity contribution in [3.05, 3.63) is 38.7 Å². The predicted molar refractivity (Wildman–Crippen MR) is 47.7 cm³/mol. The number of rotatable bonds is 0. The van der Waals surface area contributed by atoms with E-state index in [2.05, 4.69) is 9.97 Å². The SMILES string of the molecule is N#Cc1cnc2[nH]c(=O)[nH]c(=O)c2c1. The minimum absolute atomic E-state index is 0.178. The number of nitrogens with one attached hydrogen (secondary N) is 2. The van der Waals surface area contributed by atoms with E-state index in [0.29, 0.717) is 0 Å². The summed E-state index contributed by atoms with van der Waals surface area (Å²) in [5.41, 5.74) is -0.708. The molecule has 2 aromatic rings. The maximum absolute atomic E-state index is 11.2. The summed E-state index contributed by atoms with van der Waals surface area (Å²) in [7, 11) is 0. The van der Waals surface area contributed by atoms with Crippen LogP contribution in [-0.2, 0) is 0 Å². The number of nitriles is 1. The second kappa shape index (κ2) is 2.81. The molecule has 0 aliphatic rings. The molecule has 2 N–H and O–H groups in total. The van der Waals surface area contributed by atoms with E-state index in [1.54, 1.807) is 0 Å². The van der Waals surface area contributed by atoms with E-state index in [0.717, 1.165) is 0 Å². The highest BCUT2D eigenvalue weighted by atomic mass is 16.2. The Morgan fingerprint density at radius 2 is 2.14 bits per heavy atom. The highest BCUT2D eigenvalue weighted by molar-refractivity contribution is 5.74. The van der Waals surface area contributed by atoms with Crippen LogP contribution in [0.4, 0.5) is 0 Å². The van der Waals surface area contributed by atoms with Gasteiger partial charge in [-0.05, 0) is 6.07 Å². The van der Waals surface area contributed by atoms with Crippen molar-refractivity contribution in [2.45, 2.75) is 0 Å². The van der Waals surface area contributed by atoms with Gasteiger partial charge in [0, 0.05) is 6.20 Å². The van der Waals surface area contributed by atoms with E-state index in [9.17, 15) is 9.59 Å². The van der Waals surface area contributed by atoms with Gasteiger partial charge >= 0.3 is 5.69 Å². The molecule has 0 radical (unpaired) electrons. The van der Waals surface area contributed by atoms with Crippen LogP contribution >= 0.6 is 0 Å². The van der Waals surface area contributed by atoms with Crippen molar-refractivity contribution >= 4 is 11.0 Å². The predicted octanol–water partition coefficient (Wildman–Crippen LogP) is -0.517. The standard InChI is InChI=1S/C8H4N4O2/c9-2-4-1-5-6(10-3-4)11-8(14)12-7(5)13/h1,3H,(H2,10,11,12,13,14). The zero-order chi connectivity index (χ0) is 10.1. The average Bonchev–Trinajstić information content (AvgIpc) is 2.17. The fourth-order valence-corrected chi connectivity index (χ4v) is 1.11. The van der Waals surface area contributed by atoms with Crippen LogP contribution in [0.5, 0.6) is 0 Å². The van der Waals surface area contributed by atoms with E-state index in [1.165, 1.54) is 12.3 Å². The van der Waals surface area contributed by atoms with Gasteiger partial charge in [0.15, 0.2) is 0 Å². The van der Waals surface area contributed by atoms with Gasteiger partial charge in [0.2, 0.25) is 0 Å². The summed E-state index contributed by atoms with van der Waals surface area (Å²) in [6.45, 7) is 0. The minimum atomic E-state index is -0.611. The van der Waals surface area contributed by atoms with Crippen molar-refractivity contribution in [1.29, 1.82) is 5.26 Å². The number of aromatic nitrogens is 3. The molecule has 0 saturated carbocycles. The first-order chi connectivity index (χ1) is 6.70. The van der Waals surface area contributed by atoms with Crippen LogP contribution in [0.1, 0.15) is 5.56 Å². The van der Waals surface area contributed by atoms with Gasteiger partial charge in [-0.1, -0.05) is 0 Å². The third-order valence-electron chi connectivity index (χ3n) is 1.72. The van der Waals surface area contributed by atoms with Gasteiger partial charge in [-0.3, -0.25) is 14.8 Å². The molecule has 14 heavy (non-hydrogen) atoms. The molecule has 0 amide bonds. The van der Waals surface area contributed by atoms with Crippen LogP contribution in [0.3, 0.4) is 0 Å². The molecule has 0 unspecified atom stereocenters. The first kappa shape index (κ1) is 8.19. The summed E-state index contributed by atoms with van der Waals surface area (Å²) < 4.78 is 0. The lowest BCUT2D eigenvalue weighted by Crippen LogP contribution is -2.22. The molecule has 2 heterocycles. The molecule has 0 spiro atoms. The Labute approximate surface area is 76.9 Å². The van der Waals surface area contributed by atoms with Gasteiger partial charge < -0.3 is 0 Å². The lowest BCUT2D eigenvalue weighted by atomic mass is 10.2. The van der Waals surface area contributed by atoms with Crippen LogP contribution in [0.15, 0.2) is 21.9 Å². The monoisotopic (exact) mass is 188 g/mol. The Morgan fingerprint density at radius 3 is 2.86 bits per heavy atom. The summed E-state index contributed by atoms with van der Waals surface area (Å²) in [5.74, 6) is 0. The number of hydrogen-bond donors (Lipinski definition) is 2. The van der Waals surface area contributed by atoms with Crippen LogP contribution in [0, 0.1) is 11.3 Å². The van der Waals surface area contributed by atoms with Gasteiger partial charge in [-0.2, -0.15) is 5.26 Å². The Hall–Kier alpha value is -2.42. The highest BCUT2D eigenvalue weighted by Crippen LogP contribution is 2.03. The Balaban J connectivity index is 2.98. The van der Waals surface area contributed by atoms with Crippen molar-refractivity contribution in [1.82, 2.24) is 15.0 Å². The molecule has 0 aliphatic heterocycles. The molecule has 0 aromatic carbocycles. The molecule has 68 valence electrons. The first-order valence-corrected chi connectivity index (χ1v) is 3.73. The fraction of sp³-hybridized carbons (Fsp3) is 0. The van der Waals surface area contributed by atoms with E-state index >= 15 is 0 Å². The molecule has 0 bridgehead atoms.